The third-order valence-electron chi connectivity index (χ3n) is 2.74. The average Bonchev–Trinajstić information content (AvgIpc) is 2.70. The molecule has 0 saturated heterocycles. The highest BCUT2D eigenvalue weighted by Crippen LogP contribution is 2.24. The van der Waals surface area contributed by atoms with Gasteiger partial charge in [-0.2, -0.15) is 5.10 Å². The summed E-state index contributed by atoms with van der Waals surface area (Å²) in [5.41, 5.74) is 6.70. The minimum absolute atomic E-state index is 0.236. The van der Waals surface area contributed by atoms with E-state index in [2.05, 4.69) is 10.4 Å². The quantitative estimate of drug-likeness (QED) is 0.596. The molecule has 7 nitrogen and oxygen atoms in total. The molecule has 7 heteroatoms. The van der Waals surface area contributed by atoms with Crippen LogP contribution in [0.1, 0.15) is 15.9 Å². The number of amides is 1. The summed E-state index contributed by atoms with van der Waals surface area (Å²) in [5, 5.41) is 25.1. The topological polar surface area (TPSA) is 113 Å². The first-order valence-corrected chi connectivity index (χ1v) is 5.55. The monoisotopic (exact) mass is 262 g/mol. The number of hydrogen-bond acceptors (Lipinski definition) is 5. The van der Waals surface area contributed by atoms with E-state index in [4.69, 9.17) is 10.8 Å². The van der Waals surface area contributed by atoms with Crippen molar-refractivity contribution in [1.82, 2.24) is 15.1 Å². The fourth-order valence-electron chi connectivity index (χ4n) is 1.57. The zero-order chi connectivity index (χ0) is 14.0. The van der Waals surface area contributed by atoms with Gasteiger partial charge in [0.05, 0.1) is 6.20 Å². The summed E-state index contributed by atoms with van der Waals surface area (Å²) in [6, 6.07) is 3.86. The molecule has 0 saturated carbocycles. The molecule has 1 amide bonds. The fraction of sp³-hybridized carbons (Fsp3) is 0.167. The normalized spacial score (nSPS) is 10.4. The molecule has 0 bridgehead atoms. The van der Waals surface area contributed by atoms with E-state index in [1.54, 1.807) is 13.2 Å². The average molecular weight is 262 g/mol. The van der Waals surface area contributed by atoms with Crippen molar-refractivity contribution in [1.29, 1.82) is 0 Å². The predicted molar refractivity (Wildman–Crippen MR) is 68.6 cm³/mol. The van der Waals surface area contributed by atoms with Crippen LogP contribution in [0.5, 0.6) is 11.5 Å². The van der Waals surface area contributed by atoms with Crippen LogP contribution in [0.2, 0.25) is 0 Å². The van der Waals surface area contributed by atoms with Crippen molar-refractivity contribution in [3.63, 3.8) is 0 Å². The van der Waals surface area contributed by atoms with E-state index in [-0.39, 0.29) is 29.5 Å². The standard InChI is InChI=1S/C12H14N4O3/c1-16-11(13)8(6-15-16)5-14-12(19)7-2-3-9(17)10(18)4-7/h2-4,6,17-18H,5,13H2,1H3,(H,14,19). The highest BCUT2D eigenvalue weighted by Gasteiger charge is 2.10. The lowest BCUT2D eigenvalue weighted by atomic mass is 10.2. The molecule has 2 aromatic rings. The third kappa shape index (κ3) is 2.59. The van der Waals surface area contributed by atoms with Crippen LogP contribution in [0.15, 0.2) is 24.4 Å². The van der Waals surface area contributed by atoms with Gasteiger partial charge in [-0.3, -0.25) is 9.48 Å². The van der Waals surface area contributed by atoms with Crippen LogP contribution in [0, 0.1) is 0 Å². The fourth-order valence-corrected chi connectivity index (χ4v) is 1.57. The van der Waals surface area contributed by atoms with Crippen molar-refractivity contribution in [2.24, 2.45) is 7.05 Å². The number of phenolic OH excluding ortho intramolecular Hbond substituents is 2. The molecule has 1 heterocycles. The van der Waals surface area contributed by atoms with Gasteiger partial charge in [-0.15, -0.1) is 0 Å². The highest BCUT2D eigenvalue weighted by molar-refractivity contribution is 5.94. The lowest BCUT2D eigenvalue weighted by Gasteiger charge is -2.06. The lowest BCUT2D eigenvalue weighted by Crippen LogP contribution is -2.23. The number of rotatable bonds is 3. The molecule has 100 valence electrons. The zero-order valence-corrected chi connectivity index (χ0v) is 10.3. The second-order valence-corrected chi connectivity index (χ2v) is 4.06. The predicted octanol–water partition coefficient (Wildman–Crippen LogP) is 0.343. The van der Waals surface area contributed by atoms with Crippen molar-refractivity contribution in [2.75, 3.05) is 5.73 Å². The largest absolute Gasteiger partial charge is 0.504 e. The number of anilines is 1. The van der Waals surface area contributed by atoms with Gasteiger partial charge in [-0.05, 0) is 18.2 Å². The van der Waals surface area contributed by atoms with E-state index in [0.29, 0.717) is 11.4 Å². The molecule has 2 rings (SSSR count). The van der Waals surface area contributed by atoms with Gasteiger partial charge in [0.15, 0.2) is 11.5 Å². The Bertz CT molecular complexity index is 621. The van der Waals surface area contributed by atoms with Gasteiger partial charge in [-0.25, -0.2) is 0 Å². The Morgan fingerprint density at radius 1 is 1.42 bits per heavy atom. The number of nitrogens with one attached hydrogen (secondary N) is 1. The number of nitrogens with zero attached hydrogens (tertiary/aromatic N) is 2. The maximum atomic E-state index is 11.8. The van der Waals surface area contributed by atoms with E-state index in [1.165, 1.54) is 22.9 Å². The van der Waals surface area contributed by atoms with Crippen molar-refractivity contribution in [3.8, 4) is 11.5 Å². The number of phenols is 2. The van der Waals surface area contributed by atoms with Crippen LogP contribution in [-0.4, -0.2) is 25.9 Å². The maximum Gasteiger partial charge on any atom is 0.251 e. The molecule has 1 aromatic carbocycles. The molecule has 0 spiro atoms. The molecule has 0 aliphatic carbocycles. The Hall–Kier alpha value is -2.70. The Morgan fingerprint density at radius 2 is 2.16 bits per heavy atom. The second-order valence-electron chi connectivity index (χ2n) is 4.06. The number of nitrogen functional groups attached to an aromatic ring is 1. The molecule has 0 radical (unpaired) electrons. The number of hydrogen-bond donors (Lipinski definition) is 4. The number of aromatic nitrogens is 2. The van der Waals surface area contributed by atoms with Crippen LogP contribution >= 0.6 is 0 Å². The molecule has 0 aliphatic rings. The van der Waals surface area contributed by atoms with Gasteiger partial charge < -0.3 is 21.3 Å². The van der Waals surface area contributed by atoms with Gasteiger partial charge in [0.1, 0.15) is 5.82 Å². The molecule has 19 heavy (non-hydrogen) atoms. The second kappa shape index (κ2) is 4.89. The molecule has 0 unspecified atom stereocenters. The number of benzene rings is 1. The van der Waals surface area contributed by atoms with Gasteiger partial charge in [0.2, 0.25) is 0 Å². The minimum Gasteiger partial charge on any atom is -0.504 e. The summed E-state index contributed by atoms with van der Waals surface area (Å²) in [6.45, 7) is 0.236. The van der Waals surface area contributed by atoms with Gasteiger partial charge in [0, 0.05) is 24.7 Å². The first-order valence-electron chi connectivity index (χ1n) is 5.55. The van der Waals surface area contributed by atoms with E-state index < -0.39 is 0 Å². The van der Waals surface area contributed by atoms with Gasteiger partial charge in [-0.1, -0.05) is 0 Å². The lowest BCUT2D eigenvalue weighted by molar-refractivity contribution is 0.0950. The molecular formula is C12H14N4O3. The Labute approximate surface area is 109 Å². The Kier molecular flexibility index (Phi) is 3.28. The minimum atomic E-state index is -0.376. The summed E-state index contributed by atoms with van der Waals surface area (Å²) in [4.78, 5) is 11.8. The molecule has 0 fully saturated rings. The van der Waals surface area contributed by atoms with E-state index in [1.807, 2.05) is 0 Å². The molecular weight excluding hydrogens is 248 g/mol. The Balaban J connectivity index is 2.05. The Morgan fingerprint density at radius 3 is 2.74 bits per heavy atom. The van der Waals surface area contributed by atoms with Crippen molar-refractivity contribution in [2.45, 2.75) is 6.54 Å². The van der Waals surface area contributed by atoms with E-state index >= 15 is 0 Å². The highest BCUT2D eigenvalue weighted by atomic mass is 16.3. The summed E-state index contributed by atoms with van der Waals surface area (Å²) in [6.07, 6.45) is 1.57. The molecule has 1 aromatic heterocycles. The zero-order valence-electron chi connectivity index (χ0n) is 10.3. The summed E-state index contributed by atoms with van der Waals surface area (Å²) in [5.74, 6) is -0.506. The van der Waals surface area contributed by atoms with Crippen LogP contribution in [-0.2, 0) is 13.6 Å². The van der Waals surface area contributed by atoms with E-state index in [0.717, 1.165) is 0 Å². The number of carbonyl (C=O) groups is 1. The van der Waals surface area contributed by atoms with Crippen LogP contribution in [0.3, 0.4) is 0 Å². The smallest absolute Gasteiger partial charge is 0.251 e. The SMILES string of the molecule is Cn1ncc(CNC(=O)c2ccc(O)c(O)c2)c1N. The maximum absolute atomic E-state index is 11.8. The van der Waals surface area contributed by atoms with Gasteiger partial charge in [0.25, 0.3) is 5.91 Å². The number of nitrogens with two attached hydrogens (primary N) is 1. The first-order chi connectivity index (χ1) is 8.99. The van der Waals surface area contributed by atoms with E-state index in [9.17, 15) is 9.90 Å². The van der Waals surface area contributed by atoms with Crippen LogP contribution < -0.4 is 11.1 Å². The van der Waals surface area contributed by atoms with Crippen molar-refractivity contribution in [3.05, 3.63) is 35.5 Å². The van der Waals surface area contributed by atoms with Gasteiger partial charge >= 0.3 is 0 Å². The number of carbonyl (C=O) groups excluding carboxylic acids is 1. The van der Waals surface area contributed by atoms with Crippen LogP contribution in [0.4, 0.5) is 5.82 Å². The van der Waals surface area contributed by atoms with Crippen LogP contribution in [0.25, 0.3) is 0 Å². The summed E-state index contributed by atoms with van der Waals surface area (Å²) in [7, 11) is 1.71. The third-order valence-corrected chi connectivity index (χ3v) is 2.74. The number of aromatic hydroxyl groups is 2. The van der Waals surface area contributed by atoms with Crippen molar-refractivity contribution >= 4 is 11.7 Å². The molecule has 5 N–H and O–H groups in total. The number of aryl methyl sites for hydroxylation is 1. The first kappa shape index (κ1) is 12.7. The van der Waals surface area contributed by atoms with Crippen molar-refractivity contribution < 1.29 is 15.0 Å². The summed E-state index contributed by atoms with van der Waals surface area (Å²) >= 11 is 0. The summed E-state index contributed by atoms with van der Waals surface area (Å²) < 4.78 is 1.51. The molecule has 0 aliphatic heterocycles. The molecule has 0 atom stereocenters.